The molecule has 1 N–H and O–H groups in total. The average molecular weight is 499 g/mol. The number of benzene rings is 1. The number of nitrogens with one attached hydrogen (secondary N) is 1. The minimum Gasteiger partial charge on any atom is -0.494 e. The van der Waals surface area contributed by atoms with Crippen molar-refractivity contribution in [2.45, 2.75) is 31.8 Å². The number of ether oxygens (including phenoxy) is 1. The highest BCUT2D eigenvalue weighted by Crippen LogP contribution is 2.39. The second-order valence-corrected chi connectivity index (χ2v) is 8.96. The molecule has 6 rings (SSSR count). The number of methoxy groups -OCH3 is 1. The van der Waals surface area contributed by atoms with E-state index in [0.29, 0.717) is 23.6 Å². The molecule has 0 unspecified atom stereocenters. The van der Waals surface area contributed by atoms with Gasteiger partial charge in [0, 0.05) is 30.1 Å². The van der Waals surface area contributed by atoms with Crippen LogP contribution in [0.4, 0.5) is 4.39 Å². The lowest BCUT2D eigenvalue weighted by molar-refractivity contribution is 0.0945. The first kappa shape index (κ1) is 22.8. The van der Waals surface area contributed by atoms with E-state index in [-0.39, 0.29) is 23.6 Å². The van der Waals surface area contributed by atoms with E-state index in [1.54, 1.807) is 23.0 Å². The highest BCUT2D eigenvalue weighted by atomic mass is 19.1. The monoisotopic (exact) mass is 498 g/mol. The van der Waals surface area contributed by atoms with Crippen LogP contribution in [0.1, 0.15) is 46.1 Å². The van der Waals surface area contributed by atoms with Gasteiger partial charge < -0.3 is 14.5 Å². The molecule has 1 fully saturated rings. The van der Waals surface area contributed by atoms with Gasteiger partial charge >= 0.3 is 0 Å². The Morgan fingerprint density at radius 1 is 1.14 bits per heavy atom. The molecule has 1 amide bonds. The number of fused-ring (bicyclic) bond motifs is 1. The summed E-state index contributed by atoms with van der Waals surface area (Å²) in [5.41, 5.74) is 4.62. The van der Waals surface area contributed by atoms with E-state index in [4.69, 9.17) is 4.74 Å². The maximum atomic E-state index is 15.1. The summed E-state index contributed by atoms with van der Waals surface area (Å²) in [4.78, 5) is 17.5. The Morgan fingerprint density at radius 2 is 2.03 bits per heavy atom. The molecule has 1 aliphatic rings. The van der Waals surface area contributed by atoms with E-state index in [9.17, 15) is 4.79 Å². The molecule has 186 valence electrons. The summed E-state index contributed by atoms with van der Waals surface area (Å²) in [5.74, 6) is -0.291. The van der Waals surface area contributed by atoms with Crippen molar-refractivity contribution in [3.63, 3.8) is 0 Å². The summed E-state index contributed by atoms with van der Waals surface area (Å²) in [6.07, 6.45) is 11.2. The fourth-order valence-corrected chi connectivity index (χ4v) is 4.35. The van der Waals surface area contributed by atoms with E-state index in [1.807, 2.05) is 16.7 Å². The molecule has 0 saturated heterocycles. The number of hydrogen-bond donors (Lipinski definition) is 1. The first-order valence-corrected chi connectivity index (χ1v) is 11.9. The Hall–Kier alpha value is -4.67. The molecule has 1 aliphatic carbocycles. The van der Waals surface area contributed by atoms with Gasteiger partial charge in [-0.1, -0.05) is 17.3 Å². The summed E-state index contributed by atoms with van der Waals surface area (Å²) >= 11 is 0. The molecule has 4 heterocycles. The molecule has 0 spiro atoms. The Kier molecular flexibility index (Phi) is 5.79. The van der Waals surface area contributed by atoms with Gasteiger partial charge in [-0.25, -0.2) is 14.1 Å². The van der Waals surface area contributed by atoms with Gasteiger partial charge in [-0.3, -0.25) is 4.79 Å². The largest absolute Gasteiger partial charge is 0.494 e. The highest BCUT2D eigenvalue weighted by Gasteiger charge is 2.24. The predicted octanol–water partition coefficient (Wildman–Crippen LogP) is 3.39. The average Bonchev–Trinajstić information content (AvgIpc) is 3.54. The summed E-state index contributed by atoms with van der Waals surface area (Å²) in [5, 5.41) is 18.4. The van der Waals surface area contributed by atoms with Crippen molar-refractivity contribution in [2.24, 2.45) is 0 Å². The normalized spacial score (nSPS) is 13.1. The van der Waals surface area contributed by atoms with Gasteiger partial charge in [0.25, 0.3) is 5.91 Å². The van der Waals surface area contributed by atoms with Gasteiger partial charge in [0.15, 0.2) is 17.3 Å². The van der Waals surface area contributed by atoms with Crippen LogP contribution >= 0.6 is 0 Å². The molecular weight excluding hydrogens is 475 g/mol. The number of imidazole rings is 1. The van der Waals surface area contributed by atoms with Crippen LogP contribution in [-0.4, -0.2) is 47.6 Å². The van der Waals surface area contributed by atoms with Crippen LogP contribution in [0.3, 0.4) is 0 Å². The molecule has 1 aromatic carbocycles. The topological polar surface area (TPSA) is 112 Å². The molecule has 10 nitrogen and oxygen atoms in total. The number of amides is 1. The second kappa shape index (κ2) is 9.41. The Labute approximate surface area is 211 Å². The molecule has 0 aliphatic heterocycles. The van der Waals surface area contributed by atoms with E-state index in [0.717, 1.165) is 11.3 Å². The van der Waals surface area contributed by atoms with Crippen LogP contribution in [0.5, 0.6) is 5.75 Å². The minimum atomic E-state index is -0.558. The molecule has 4 aromatic heterocycles. The lowest BCUT2D eigenvalue weighted by Gasteiger charge is -2.14. The highest BCUT2D eigenvalue weighted by molar-refractivity contribution is 5.92. The number of aromatic nitrogens is 7. The van der Waals surface area contributed by atoms with Crippen LogP contribution in [0.25, 0.3) is 16.8 Å². The number of carbonyl (C=O) groups excluding carboxylic acids is 1. The van der Waals surface area contributed by atoms with Crippen LogP contribution in [-0.2, 0) is 13.1 Å². The Morgan fingerprint density at radius 3 is 2.81 bits per heavy atom. The zero-order chi connectivity index (χ0) is 25.4. The Balaban J connectivity index is 1.17. The number of nitrogens with zero attached hydrogens (tertiary/aromatic N) is 7. The van der Waals surface area contributed by atoms with E-state index in [2.05, 4.69) is 43.1 Å². The molecule has 0 radical (unpaired) electrons. The zero-order valence-electron chi connectivity index (χ0n) is 20.0. The van der Waals surface area contributed by atoms with Gasteiger partial charge in [-0.2, -0.15) is 10.2 Å². The summed E-state index contributed by atoms with van der Waals surface area (Å²) < 4.78 is 23.8. The number of carbonyl (C=O) groups is 1. The number of pyridine rings is 1. The van der Waals surface area contributed by atoms with E-state index in [1.165, 1.54) is 44.0 Å². The van der Waals surface area contributed by atoms with Crippen molar-refractivity contribution >= 4 is 11.6 Å². The van der Waals surface area contributed by atoms with Gasteiger partial charge in [0.2, 0.25) is 0 Å². The van der Waals surface area contributed by atoms with Crippen LogP contribution < -0.4 is 10.1 Å². The molecule has 1 saturated carbocycles. The summed E-state index contributed by atoms with van der Waals surface area (Å²) in [7, 11) is 1.39. The van der Waals surface area contributed by atoms with E-state index < -0.39 is 11.7 Å². The maximum absolute atomic E-state index is 15.1. The molecule has 37 heavy (non-hydrogen) atoms. The van der Waals surface area contributed by atoms with Gasteiger partial charge in [0.1, 0.15) is 5.65 Å². The van der Waals surface area contributed by atoms with Crippen molar-refractivity contribution in [3.8, 4) is 16.9 Å². The minimum absolute atomic E-state index is 0.0812. The first-order chi connectivity index (χ1) is 18.1. The van der Waals surface area contributed by atoms with Crippen molar-refractivity contribution in [1.29, 1.82) is 0 Å². The fraction of sp³-hybridized carbons (Fsp3) is 0.231. The fourth-order valence-electron chi connectivity index (χ4n) is 4.35. The van der Waals surface area contributed by atoms with Crippen LogP contribution in [0, 0.1) is 5.82 Å². The first-order valence-electron chi connectivity index (χ1n) is 11.9. The van der Waals surface area contributed by atoms with E-state index >= 15 is 4.39 Å². The van der Waals surface area contributed by atoms with Crippen molar-refractivity contribution < 1.29 is 13.9 Å². The lowest BCUT2D eigenvalue weighted by Crippen LogP contribution is -2.24. The second-order valence-electron chi connectivity index (χ2n) is 8.96. The molecule has 0 atom stereocenters. The lowest BCUT2D eigenvalue weighted by atomic mass is 10.00. The molecule has 5 aromatic rings. The third-order valence-corrected chi connectivity index (χ3v) is 6.42. The standard InChI is InChI=1S/C26H23FN8O2/c1-37-23-6-5-20(17-8-9-29-30-10-17)21(25(23)27)11-28-26(36)22-15-35(33-32-22)14-19-13-34-12-18(16-2-3-16)4-7-24(34)31-19/h4-10,12-13,15-16H,2-3,11,14H2,1H3,(H,28,36). The van der Waals surface area contributed by atoms with Gasteiger partial charge in [0.05, 0.1) is 37.9 Å². The maximum Gasteiger partial charge on any atom is 0.273 e. The number of rotatable bonds is 8. The molecular formula is C26H23FN8O2. The van der Waals surface area contributed by atoms with Gasteiger partial charge in [-0.05, 0) is 48.1 Å². The number of hydrogen-bond acceptors (Lipinski definition) is 7. The molecule has 11 heteroatoms. The SMILES string of the molecule is COc1ccc(-c2ccnnc2)c(CNC(=O)c2cn(Cc3cn4cc(C5CC5)ccc4n3)nn2)c1F. The zero-order valence-corrected chi connectivity index (χ0v) is 20.0. The van der Waals surface area contributed by atoms with Crippen LogP contribution in [0.2, 0.25) is 0 Å². The van der Waals surface area contributed by atoms with Crippen LogP contribution in [0.15, 0.2) is 61.3 Å². The Bertz CT molecular complexity index is 1590. The third kappa shape index (κ3) is 4.63. The van der Waals surface area contributed by atoms with Crippen molar-refractivity contribution in [1.82, 2.24) is 39.9 Å². The van der Waals surface area contributed by atoms with Crippen molar-refractivity contribution in [2.75, 3.05) is 7.11 Å². The summed E-state index contributed by atoms with van der Waals surface area (Å²) in [6, 6.07) is 9.12. The molecule has 0 bridgehead atoms. The smallest absolute Gasteiger partial charge is 0.273 e. The number of halogens is 1. The predicted molar refractivity (Wildman–Crippen MR) is 131 cm³/mol. The van der Waals surface area contributed by atoms with Gasteiger partial charge in [-0.15, -0.1) is 5.10 Å². The van der Waals surface area contributed by atoms with Crippen molar-refractivity contribution in [3.05, 3.63) is 89.6 Å². The third-order valence-electron chi connectivity index (χ3n) is 6.42. The quantitative estimate of drug-likeness (QED) is 0.349. The summed E-state index contributed by atoms with van der Waals surface area (Å²) in [6.45, 7) is 0.284.